The molecule has 0 fully saturated rings. The zero-order chi connectivity index (χ0) is 9.80. The highest BCUT2D eigenvalue weighted by Gasteiger charge is 2.24. The van der Waals surface area contributed by atoms with Crippen molar-refractivity contribution in [3.05, 3.63) is 42.4 Å². The third kappa shape index (κ3) is 1.90. The number of nitrogens with zero attached hydrogens (tertiary/aromatic N) is 1. The minimum atomic E-state index is 0.510. The van der Waals surface area contributed by atoms with E-state index < -0.39 is 0 Å². The molecule has 1 aliphatic rings. The van der Waals surface area contributed by atoms with Gasteiger partial charge in [0.2, 0.25) is 0 Å². The van der Waals surface area contributed by atoms with E-state index in [-0.39, 0.29) is 0 Å². The van der Waals surface area contributed by atoms with Gasteiger partial charge in [-0.25, -0.2) is 0 Å². The van der Waals surface area contributed by atoms with E-state index in [9.17, 15) is 0 Å². The van der Waals surface area contributed by atoms with Crippen molar-refractivity contribution in [2.45, 2.75) is 13.3 Å². The van der Waals surface area contributed by atoms with E-state index >= 15 is 0 Å². The molecule has 1 aromatic rings. The van der Waals surface area contributed by atoms with Gasteiger partial charge in [0.25, 0.3) is 6.85 Å². The third-order valence-corrected chi connectivity index (χ3v) is 2.70. The van der Waals surface area contributed by atoms with Crippen LogP contribution in [0, 0.1) is 0 Å². The summed E-state index contributed by atoms with van der Waals surface area (Å²) in [4.78, 5) is 2.51. The fourth-order valence-corrected chi connectivity index (χ4v) is 2.05. The van der Waals surface area contributed by atoms with Crippen molar-refractivity contribution in [1.82, 2.24) is 4.81 Å². The van der Waals surface area contributed by atoms with Crippen molar-refractivity contribution >= 4 is 12.3 Å². The van der Waals surface area contributed by atoms with E-state index in [1.54, 1.807) is 0 Å². The predicted octanol–water partition coefficient (Wildman–Crippen LogP) is 1.71. The number of benzene rings is 1. The highest BCUT2D eigenvalue weighted by atomic mass is 15.1. The highest BCUT2D eigenvalue weighted by Crippen LogP contribution is 2.06. The second kappa shape index (κ2) is 4.47. The standard InChI is InChI=1S/C12H16BN/c1-2-10-14-11-6-9-13(14)12-7-4-3-5-8-12/h3-9H,2,10-11H2,1H3. The first-order valence-corrected chi connectivity index (χ1v) is 5.37. The zero-order valence-electron chi connectivity index (χ0n) is 8.69. The van der Waals surface area contributed by atoms with E-state index in [0.717, 1.165) is 6.54 Å². The lowest BCUT2D eigenvalue weighted by Crippen LogP contribution is -2.44. The van der Waals surface area contributed by atoms with Crippen LogP contribution in [0.2, 0.25) is 0 Å². The number of hydrogen-bond acceptors (Lipinski definition) is 1. The van der Waals surface area contributed by atoms with Gasteiger partial charge < -0.3 is 4.81 Å². The molecule has 0 aliphatic carbocycles. The molecule has 1 aliphatic heterocycles. The molecule has 0 aromatic heterocycles. The molecule has 14 heavy (non-hydrogen) atoms. The lowest BCUT2D eigenvalue weighted by atomic mass is 9.56. The SMILES string of the molecule is CCCN1CC=CB1c1ccccc1. The summed E-state index contributed by atoms with van der Waals surface area (Å²) < 4.78 is 0. The first-order valence-electron chi connectivity index (χ1n) is 5.37. The Morgan fingerprint density at radius 1 is 1.29 bits per heavy atom. The van der Waals surface area contributed by atoms with Gasteiger partial charge >= 0.3 is 0 Å². The molecule has 0 bridgehead atoms. The largest absolute Gasteiger partial charge is 0.331 e. The first-order chi connectivity index (χ1) is 6.92. The number of rotatable bonds is 3. The second-order valence-electron chi connectivity index (χ2n) is 3.78. The first kappa shape index (κ1) is 9.54. The highest BCUT2D eigenvalue weighted by molar-refractivity contribution is 6.76. The van der Waals surface area contributed by atoms with Crippen molar-refractivity contribution in [3.63, 3.8) is 0 Å². The maximum absolute atomic E-state index is 2.51. The molecule has 0 amide bonds. The van der Waals surface area contributed by atoms with Crippen LogP contribution in [0.3, 0.4) is 0 Å². The average Bonchev–Trinajstić information content (AvgIpc) is 2.68. The summed E-state index contributed by atoms with van der Waals surface area (Å²) in [6.07, 6.45) is 3.50. The van der Waals surface area contributed by atoms with Crippen molar-refractivity contribution in [3.8, 4) is 0 Å². The molecule has 0 saturated carbocycles. The van der Waals surface area contributed by atoms with Crippen LogP contribution in [0.4, 0.5) is 0 Å². The molecule has 1 heterocycles. The molecule has 1 nitrogen and oxygen atoms in total. The second-order valence-corrected chi connectivity index (χ2v) is 3.78. The predicted molar refractivity (Wildman–Crippen MR) is 62.8 cm³/mol. The lowest BCUT2D eigenvalue weighted by Gasteiger charge is -2.21. The van der Waals surface area contributed by atoms with Crippen LogP contribution in [0.5, 0.6) is 0 Å². The van der Waals surface area contributed by atoms with E-state index in [2.05, 4.69) is 54.1 Å². The molecule has 72 valence electrons. The van der Waals surface area contributed by atoms with Gasteiger partial charge in [-0.15, -0.1) is 0 Å². The number of hydrogen-bond donors (Lipinski definition) is 0. The van der Waals surface area contributed by atoms with Crippen LogP contribution in [-0.4, -0.2) is 24.7 Å². The molecule has 0 spiro atoms. The molecular formula is C12H16BN. The normalized spacial score (nSPS) is 16.5. The van der Waals surface area contributed by atoms with Gasteiger partial charge in [0.05, 0.1) is 0 Å². The van der Waals surface area contributed by atoms with E-state index in [4.69, 9.17) is 0 Å². The summed E-state index contributed by atoms with van der Waals surface area (Å²) in [7, 11) is 0. The summed E-state index contributed by atoms with van der Waals surface area (Å²) in [5.41, 5.74) is 1.41. The van der Waals surface area contributed by atoms with Gasteiger partial charge in [0.15, 0.2) is 0 Å². The Hall–Kier alpha value is -1.02. The average molecular weight is 185 g/mol. The van der Waals surface area contributed by atoms with E-state index in [0.29, 0.717) is 6.85 Å². The minimum Gasteiger partial charge on any atom is -0.331 e. The molecule has 1 aromatic carbocycles. The van der Waals surface area contributed by atoms with Gasteiger partial charge in [0, 0.05) is 6.54 Å². The quantitative estimate of drug-likeness (QED) is 0.648. The molecule has 2 rings (SSSR count). The van der Waals surface area contributed by atoms with E-state index in [1.165, 1.54) is 18.4 Å². The summed E-state index contributed by atoms with van der Waals surface area (Å²) in [6.45, 7) is 5.04. The molecule has 0 atom stereocenters. The Balaban J connectivity index is 2.13. The smallest absolute Gasteiger partial charge is 0.284 e. The van der Waals surface area contributed by atoms with Crippen LogP contribution < -0.4 is 5.46 Å². The molecular weight excluding hydrogens is 169 g/mol. The molecule has 2 heteroatoms. The van der Waals surface area contributed by atoms with Gasteiger partial charge in [-0.1, -0.05) is 54.8 Å². The van der Waals surface area contributed by atoms with Gasteiger partial charge in [-0.2, -0.15) is 0 Å². The Bertz CT molecular complexity index is 307. The van der Waals surface area contributed by atoms with Gasteiger partial charge in [-0.3, -0.25) is 0 Å². The summed E-state index contributed by atoms with van der Waals surface area (Å²) >= 11 is 0. The Kier molecular flexibility index (Phi) is 3.05. The maximum atomic E-state index is 2.51. The van der Waals surface area contributed by atoms with Gasteiger partial charge in [0.1, 0.15) is 0 Å². The van der Waals surface area contributed by atoms with Crippen molar-refractivity contribution < 1.29 is 0 Å². The fourth-order valence-electron chi connectivity index (χ4n) is 2.05. The van der Waals surface area contributed by atoms with Crippen molar-refractivity contribution in [2.75, 3.05) is 13.1 Å². The Morgan fingerprint density at radius 3 is 2.79 bits per heavy atom. The Morgan fingerprint density at radius 2 is 2.07 bits per heavy atom. The van der Waals surface area contributed by atoms with Crippen molar-refractivity contribution in [2.24, 2.45) is 0 Å². The van der Waals surface area contributed by atoms with Crippen LogP contribution in [0.1, 0.15) is 13.3 Å². The van der Waals surface area contributed by atoms with Gasteiger partial charge in [-0.05, 0) is 13.0 Å². The van der Waals surface area contributed by atoms with E-state index in [1.807, 2.05) is 0 Å². The van der Waals surface area contributed by atoms with Crippen LogP contribution in [-0.2, 0) is 0 Å². The monoisotopic (exact) mass is 185 g/mol. The molecule has 0 unspecified atom stereocenters. The molecule has 0 radical (unpaired) electrons. The third-order valence-electron chi connectivity index (χ3n) is 2.70. The van der Waals surface area contributed by atoms with Crippen LogP contribution >= 0.6 is 0 Å². The summed E-state index contributed by atoms with van der Waals surface area (Å²) in [5, 5.41) is 0. The maximum Gasteiger partial charge on any atom is 0.284 e. The molecule has 0 saturated heterocycles. The molecule has 0 N–H and O–H groups in total. The topological polar surface area (TPSA) is 3.24 Å². The van der Waals surface area contributed by atoms with Crippen LogP contribution in [0.15, 0.2) is 42.4 Å². The summed E-state index contributed by atoms with van der Waals surface area (Å²) in [6, 6.07) is 10.7. The zero-order valence-corrected chi connectivity index (χ0v) is 8.69. The fraction of sp³-hybridized carbons (Fsp3) is 0.333. The minimum absolute atomic E-state index is 0.510. The summed E-state index contributed by atoms with van der Waals surface area (Å²) in [5.74, 6) is 2.31. The Labute approximate surface area is 86.5 Å². The van der Waals surface area contributed by atoms with Crippen LogP contribution in [0.25, 0.3) is 0 Å². The lowest BCUT2D eigenvalue weighted by molar-refractivity contribution is 0.492. The van der Waals surface area contributed by atoms with Crippen molar-refractivity contribution in [1.29, 1.82) is 0 Å².